The van der Waals surface area contributed by atoms with Crippen molar-refractivity contribution in [3.05, 3.63) is 48.0 Å². The molecule has 2 rings (SSSR count). The van der Waals surface area contributed by atoms with Gasteiger partial charge in [-0.05, 0) is 42.8 Å². The topological polar surface area (TPSA) is 97.4 Å². The molecule has 0 saturated heterocycles. The van der Waals surface area contributed by atoms with Crippen LogP contribution in [0, 0.1) is 11.3 Å². The summed E-state index contributed by atoms with van der Waals surface area (Å²) in [6.45, 7) is 1.87. The predicted molar refractivity (Wildman–Crippen MR) is 98.1 cm³/mol. The number of benzene rings is 2. The molecule has 0 heterocycles. The molecule has 0 amide bonds. The van der Waals surface area contributed by atoms with Gasteiger partial charge >= 0.3 is 0 Å². The van der Waals surface area contributed by atoms with Crippen LogP contribution in [0.25, 0.3) is 0 Å². The second kappa shape index (κ2) is 10.7. The van der Waals surface area contributed by atoms with E-state index in [0.29, 0.717) is 17.1 Å². The minimum atomic E-state index is -0.245. The summed E-state index contributed by atoms with van der Waals surface area (Å²) in [7, 11) is 3.39. The first kappa shape index (κ1) is 20.0. The molecule has 6 nitrogen and oxygen atoms in total. The molecule has 0 aromatic heterocycles. The molecule has 0 radical (unpaired) electrons. The van der Waals surface area contributed by atoms with Gasteiger partial charge in [0, 0.05) is 18.8 Å². The molecular formula is C19H23N3O3. The van der Waals surface area contributed by atoms with E-state index in [1.807, 2.05) is 38.2 Å². The summed E-state index contributed by atoms with van der Waals surface area (Å²) >= 11 is 0. The number of methoxy groups -OCH3 is 1. The van der Waals surface area contributed by atoms with Crippen molar-refractivity contribution in [2.24, 2.45) is 5.73 Å². The molecule has 0 bridgehead atoms. The van der Waals surface area contributed by atoms with Crippen LogP contribution in [0.15, 0.2) is 42.5 Å². The van der Waals surface area contributed by atoms with Crippen LogP contribution >= 0.6 is 0 Å². The number of nitrogens with one attached hydrogen (secondary N) is 1. The number of anilines is 1. The zero-order valence-corrected chi connectivity index (χ0v) is 14.7. The zero-order chi connectivity index (χ0) is 18.7. The standard InChI is InChI=1S/C15H14N2O2.C4H9NO/c1-17-12-4-7-13(8-5-12)19-14-6-3-11(10-16)15(9-14)18-2;1-2-4(5)3-6/h3-9,17H,1-2H3;3-4H,2,5H2,1H3. The maximum atomic E-state index is 9.61. The molecule has 0 fully saturated rings. The summed E-state index contributed by atoms with van der Waals surface area (Å²) in [5.41, 5.74) is 6.61. The first-order chi connectivity index (χ1) is 12.1. The van der Waals surface area contributed by atoms with Gasteiger partial charge in [0.25, 0.3) is 0 Å². The van der Waals surface area contributed by atoms with Crippen LogP contribution in [-0.2, 0) is 4.79 Å². The van der Waals surface area contributed by atoms with Crippen LogP contribution in [0.2, 0.25) is 0 Å². The molecule has 0 spiro atoms. The number of rotatable bonds is 6. The number of nitrogens with two attached hydrogens (primary N) is 1. The maximum absolute atomic E-state index is 9.61. The van der Waals surface area contributed by atoms with E-state index in [0.717, 1.165) is 24.1 Å². The summed E-state index contributed by atoms with van der Waals surface area (Å²) in [5.74, 6) is 1.87. The fourth-order valence-electron chi connectivity index (χ4n) is 1.75. The van der Waals surface area contributed by atoms with Crippen LogP contribution in [-0.4, -0.2) is 26.5 Å². The Hall–Kier alpha value is -3.04. The highest BCUT2D eigenvalue weighted by molar-refractivity contribution is 5.56. The van der Waals surface area contributed by atoms with Gasteiger partial charge in [-0.1, -0.05) is 6.92 Å². The van der Waals surface area contributed by atoms with Gasteiger partial charge in [0.05, 0.1) is 18.7 Å². The highest BCUT2D eigenvalue weighted by Crippen LogP contribution is 2.28. The summed E-state index contributed by atoms with van der Waals surface area (Å²) in [6.07, 6.45) is 1.49. The lowest BCUT2D eigenvalue weighted by atomic mass is 10.2. The fraction of sp³-hybridized carbons (Fsp3) is 0.263. The molecule has 0 aliphatic carbocycles. The molecule has 0 aliphatic rings. The first-order valence-corrected chi connectivity index (χ1v) is 7.82. The maximum Gasteiger partial charge on any atom is 0.140 e. The predicted octanol–water partition coefficient (Wildman–Crippen LogP) is 3.32. The Kier molecular flexibility index (Phi) is 8.55. The number of hydrogen-bond donors (Lipinski definition) is 2. The number of hydrogen-bond acceptors (Lipinski definition) is 6. The van der Waals surface area contributed by atoms with Crippen LogP contribution in [0.3, 0.4) is 0 Å². The Balaban J connectivity index is 0.000000450. The van der Waals surface area contributed by atoms with Crippen molar-refractivity contribution in [1.82, 2.24) is 0 Å². The quantitative estimate of drug-likeness (QED) is 0.782. The monoisotopic (exact) mass is 341 g/mol. The summed E-state index contributed by atoms with van der Waals surface area (Å²) < 4.78 is 10.8. The van der Waals surface area contributed by atoms with Crippen molar-refractivity contribution >= 4 is 12.0 Å². The van der Waals surface area contributed by atoms with Crippen molar-refractivity contribution in [2.45, 2.75) is 19.4 Å². The third kappa shape index (κ3) is 6.53. The summed E-state index contributed by atoms with van der Waals surface area (Å²) in [6, 6.07) is 14.5. The zero-order valence-electron chi connectivity index (χ0n) is 14.7. The van der Waals surface area contributed by atoms with Crippen LogP contribution < -0.4 is 20.5 Å². The van der Waals surface area contributed by atoms with Gasteiger partial charge in [-0.15, -0.1) is 0 Å². The Morgan fingerprint density at radius 3 is 2.32 bits per heavy atom. The number of carbonyl (C=O) groups excluding carboxylic acids is 1. The Morgan fingerprint density at radius 1 is 1.24 bits per heavy atom. The minimum absolute atomic E-state index is 0.245. The van der Waals surface area contributed by atoms with Gasteiger partial charge < -0.3 is 25.3 Å². The molecule has 0 saturated carbocycles. The molecule has 2 aromatic rings. The second-order valence-electron chi connectivity index (χ2n) is 5.06. The largest absolute Gasteiger partial charge is 0.495 e. The van der Waals surface area contributed by atoms with E-state index in [1.54, 1.807) is 18.2 Å². The third-order valence-corrected chi connectivity index (χ3v) is 3.32. The van der Waals surface area contributed by atoms with E-state index in [9.17, 15) is 4.79 Å². The van der Waals surface area contributed by atoms with Gasteiger partial charge in [0.1, 0.15) is 29.6 Å². The molecule has 2 aromatic carbocycles. The van der Waals surface area contributed by atoms with Gasteiger partial charge in [-0.2, -0.15) is 5.26 Å². The first-order valence-electron chi connectivity index (χ1n) is 7.82. The van der Waals surface area contributed by atoms with Crippen LogP contribution in [0.1, 0.15) is 18.9 Å². The van der Waals surface area contributed by atoms with Crippen molar-refractivity contribution in [3.63, 3.8) is 0 Å². The smallest absolute Gasteiger partial charge is 0.140 e. The lowest BCUT2D eigenvalue weighted by molar-refractivity contribution is -0.108. The van der Waals surface area contributed by atoms with Crippen molar-refractivity contribution in [1.29, 1.82) is 5.26 Å². The minimum Gasteiger partial charge on any atom is -0.495 e. The van der Waals surface area contributed by atoms with E-state index in [1.165, 1.54) is 7.11 Å². The molecule has 25 heavy (non-hydrogen) atoms. The third-order valence-electron chi connectivity index (χ3n) is 3.32. The lowest BCUT2D eigenvalue weighted by Crippen LogP contribution is -2.19. The molecular weight excluding hydrogens is 318 g/mol. The normalized spacial score (nSPS) is 10.5. The Morgan fingerprint density at radius 2 is 1.88 bits per heavy atom. The van der Waals surface area contributed by atoms with Gasteiger partial charge in [0.2, 0.25) is 0 Å². The van der Waals surface area contributed by atoms with E-state index < -0.39 is 0 Å². The van der Waals surface area contributed by atoms with E-state index in [4.69, 9.17) is 20.5 Å². The number of nitriles is 1. The second-order valence-corrected chi connectivity index (χ2v) is 5.06. The number of aldehydes is 1. The summed E-state index contributed by atoms with van der Waals surface area (Å²) in [4.78, 5) is 9.61. The lowest BCUT2D eigenvalue weighted by Gasteiger charge is -2.09. The van der Waals surface area contributed by atoms with E-state index in [2.05, 4.69) is 11.4 Å². The molecule has 132 valence electrons. The molecule has 3 N–H and O–H groups in total. The average Bonchev–Trinajstić information content (AvgIpc) is 2.68. The average molecular weight is 341 g/mol. The molecule has 6 heteroatoms. The molecule has 1 atom stereocenters. The summed E-state index contributed by atoms with van der Waals surface area (Å²) in [5, 5.41) is 11.9. The number of nitrogens with zero attached hydrogens (tertiary/aromatic N) is 1. The van der Waals surface area contributed by atoms with Crippen molar-refractivity contribution in [3.8, 4) is 23.3 Å². The molecule has 1 unspecified atom stereocenters. The highest BCUT2D eigenvalue weighted by atomic mass is 16.5. The Labute approximate surface area is 148 Å². The van der Waals surface area contributed by atoms with E-state index in [-0.39, 0.29) is 6.04 Å². The van der Waals surface area contributed by atoms with Crippen molar-refractivity contribution in [2.75, 3.05) is 19.5 Å². The number of carbonyl (C=O) groups is 1. The van der Waals surface area contributed by atoms with Crippen molar-refractivity contribution < 1.29 is 14.3 Å². The molecule has 0 aliphatic heterocycles. The highest BCUT2D eigenvalue weighted by Gasteiger charge is 2.05. The SMILES string of the molecule is CCC(N)C=O.CNc1ccc(Oc2ccc(C#N)c(OC)c2)cc1. The van der Waals surface area contributed by atoms with Gasteiger partial charge in [0.15, 0.2) is 0 Å². The Bertz CT molecular complexity index is 709. The van der Waals surface area contributed by atoms with Gasteiger partial charge in [-0.25, -0.2) is 0 Å². The number of ether oxygens (including phenoxy) is 2. The van der Waals surface area contributed by atoms with Crippen LogP contribution in [0.5, 0.6) is 17.2 Å². The van der Waals surface area contributed by atoms with Crippen LogP contribution in [0.4, 0.5) is 5.69 Å². The van der Waals surface area contributed by atoms with E-state index >= 15 is 0 Å². The fourth-order valence-corrected chi connectivity index (χ4v) is 1.75. The van der Waals surface area contributed by atoms with Gasteiger partial charge in [-0.3, -0.25) is 0 Å².